The van der Waals surface area contributed by atoms with Crippen molar-refractivity contribution in [2.45, 2.75) is 26.3 Å². The minimum absolute atomic E-state index is 0.291. The molecule has 1 atom stereocenters. The Morgan fingerprint density at radius 3 is 2.82 bits per heavy atom. The zero-order valence-electron chi connectivity index (χ0n) is 9.87. The average molecular weight is 287 g/mol. The van der Waals surface area contributed by atoms with Gasteiger partial charge in [0.1, 0.15) is 0 Å². The van der Waals surface area contributed by atoms with Crippen molar-refractivity contribution in [2.75, 3.05) is 6.54 Å². The Hall–Kier alpha value is -0.420. The van der Waals surface area contributed by atoms with Crippen molar-refractivity contribution in [3.05, 3.63) is 37.4 Å². The quantitative estimate of drug-likeness (QED) is 0.896. The molecule has 0 aliphatic heterocycles. The molecular formula is C12H15ClN2S2. The molecule has 5 heteroatoms. The van der Waals surface area contributed by atoms with E-state index in [2.05, 4.69) is 28.7 Å². The van der Waals surface area contributed by atoms with Crippen molar-refractivity contribution in [2.24, 2.45) is 0 Å². The van der Waals surface area contributed by atoms with Gasteiger partial charge >= 0.3 is 0 Å². The lowest BCUT2D eigenvalue weighted by Crippen LogP contribution is -2.22. The van der Waals surface area contributed by atoms with Crippen LogP contribution in [-0.2, 0) is 6.42 Å². The number of rotatable bonds is 5. The third-order valence-electron chi connectivity index (χ3n) is 2.48. The molecule has 0 aliphatic rings. The molecule has 1 unspecified atom stereocenters. The highest BCUT2D eigenvalue weighted by Gasteiger charge is 2.15. The molecule has 0 aromatic carbocycles. The van der Waals surface area contributed by atoms with Gasteiger partial charge < -0.3 is 5.32 Å². The summed E-state index contributed by atoms with van der Waals surface area (Å²) in [4.78, 5) is 5.86. The van der Waals surface area contributed by atoms with E-state index >= 15 is 0 Å². The summed E-state index contributed by atoms with van der Waals surface area (Å²) in [5, 5.41) is 6.73. The second-order valence-corrected chi connectivity index (χ2v) is 6.67. The third-order valence-corrected chi connectivity index (χ3v) is 4.52. The van der Waals surface area contributed by atoms with Crippen LogP contribution in [0.25, 0.3) is 0 Å². The van der Waals surface area contributed by atoms with E-state index in [0.29, 0.717) is 6.04 Å². The van der Waals surface area contributed by atoms with Crippen molar-refractivity contribution < 1.29 is 0 Å². The highest BCUT2D eigenvalue weighted by Crippen LogP contribution is 2.27. The van der Waals surface area contributed by atoms with Gasteiger partial charge in [-0.1, -0.05) is 18.5 Å². The zero-order chi connectivity index (χ0) is 12.3. The minimum Gasteiger partial charge on any atom is -0.309 e. The molecule has 0 radical (unpaired) electrons. The van der Waals surface area contributed by atoms with E-state index < -0.39 is 0 Å². The van der Waals surface area contributed by atoms with E-state index in [1.54, 1.807) is 22.7 Å². The average Bonchev–Trinajstić information content (AvgIpc) is 2.87. The van der Waals surface area contributed by atoms with Gasteiger partial charge in [-0.05, 0) is 25.6 Å². The highest BCUT2D eigenvalue weighted by atomic mass is 35.5. The number of aromatic nitrogens is 1. The van der Waals surface area contributed by atoms with Gasteiger partial charge in [0, 0.05) is 16.7 Å². The SMILES string of the molecule is CCNC(Cc1ccc(Cl)s1)c1csc(C)n1. The molecule has 0 bridgehead atoms. The van der Waals surface area contributed by atoms with Gasteiger partial charge in [-0.25, -0.2) is 4.98 Å². The summed E-state index contributed by atoms with van der Waals surface area (Å²) < 4.78 is 0.852. The lowest BCUT2D eigenvalue weighted by atomic mass is 10.1. The smallest absolute Gasteiger partial charge is 0.0931 e. The molecular weight excluding hydrogens is 272 g/mol. The summed E-state index contributed by atoms with van der Waals surface area (Å²) in [6, 6.07) is 4.34. The molecule has 0 saturated heterocycles. The first-order valence-corrected chi connectivity index (χ1v) is 7.66. The maximum absolute atomic E-state index is 5.96. The van der Waals surface area contributed by atoms with Crippen molar-refractivity contribution in [3.63, 3.8) is 0 Å². The number of hydrogen-bond acceptors (Lipinski definition) is 4. The Labute approximate surface area is 115 Å². The van der Waals surface area contributed by atoms with Gasteiger partial charge in [-0.15, -0.1) is 22.7 Å². The molecule has 2 rings (SSSR count). The Morgan fingerprint density at radius 1 is 1.47 bits per heavy atom. The zero-order valence-corrected chi connectivity index (χ0v) is 12.3. The van der Waals surface area contributed by atoms with E-state index in [4.69, 9.17) is 11.6 Å². The van der Waals surface area contributed by atoms with Gasteiger partial charge in [-0.2, -0.15) is 0 Å². The molecule has 0 spiro atoms. The number of thiophene rings is 1. The molecule has 2 heterocycles. The molecule has 1 N–H and O–H groups in total. The van der Waals surface area contributed by atoms with E-state index in [1.807, 2.05) is 13.0 Å². The van der Waals surface area contributed by atoms with E-state index in [1.165, 1.54) is 4.88 Å². The van der Waals surface area contributed by atoms with Crippen LogP contribution in [0.4, 0.5) is 0 Å². The van der Waals surface area contributed by atoms with E-state index in [-0.39, 0.29) is 0 Å². The third kappa shape index (κ3) is 3.52. The summed E-state index contributed by atoms with van der Waals surface area (Å²) in [6.07, 6.45) is 0.953. The molecule has 0 fully saturated rings. The van der Waals surface area contributed by atoms with Crippen LogP contribution in [0.2, 0.25) is 4.34 Å². The van der Waals surface area contributed by atoms with Gasteiger partial charge in [0.15, 0.2) is 0 Å². The molecule has 0 saturated carbocycles. The summed E-state index contributed by atoms with van der Waals surface area (Å²) in [7, 11) is 0. The molecule has 2 nitrogen and oxygen atoms in total. The standard InChI is InChI=1S/C12H15ClN2S2/c1-3-14-10(11-7-16-8(2)15-11)6-9-4-5-12(13)17-9/h4-5,7,10,14H,3,6H2,1-2H3. The lowest BCUT2D eigenvalue weighted by Gasteiger charge is -2.14. The van der Waals surface area contributed by atoms with Crippen LogP contribution in [0, 0.1) is 6.92 Å². The van der Waals surface area contributed by atoms with Crippen molar-refractivity contribution in [1.29, 1.82) is 0 Å². The number of thiazole rings is 1. The van der Waals surface area contributed by atoms with Crippen LogP contribution >= 0.6 is 34.3 Å². The van der Waals surface area contributed by atoms with Gasteiger partial charge in [0.05, 0.1) is 21.1 Å². The number of hydrogen-bond donors (Lipinski definition) is 1. The van der Waals surface area contributed by atoms with Crippen molar-refractivity contribution >= 4 is 34.3 Å². The fraction of sp³-hybridized carbons (Fsp3) is 0.417. The topological polar surface area (TPSA) is 24.9 Å². The number of likely N-dealkylation sites (N-methyl/N-ethyl adjacent to an activating group) is 1. The molecule has 0 amide bonds. The van der Waals surface area contributed by atoms with Crippen LogP contribution in [0.1, 0.15) is 28.5 Å². The summed E-state index contributed by atoms with van der Waals surface area (Å²) in [5.74, 6) is 0. The van der Waals surface area contributed by atoms with Gasteiger partial charge in [0.25, 0.3) is 0 Å². The maximum Gasteiger partial charge on any atom is 0.0931 e. The largest absolute Gasteiger partial charge is 0.309 e. The number of nitrogens with one attached hydrogen (secondary N) is 1. The van der Waals surface area contributed by atoms with Crippen LogP contribution in [0.5, 0.6) is 0 Å². The molecule has 2 aromatic rings. The van der Waals surface area contributed by atoms with E-state index in [9.17, 15) is 0 Å². The van der Waals surface area contributed by atoms with E-state index in [0.717, 1.165) is 28.0 Å². The molecule has 92 valence electrons. The van der Waals surface area contributed by atoms with Crippen molar-refractivity contribution in [1.82, 2.24) is 10.3 Å². The lowest BCUT2D eigenvalue weighted by molar-refractivity contribution is 0.542. The first kappa shape index (κ1) is 13.0. The van der Waals surface area contributed by atoms with Crippen LogP contribution in [0.15, 0.2) is 17.5 Å². The summed E-state index contributed by atoms with van der Waals surface area (Å²) in [6.45, 7) is 5.10. The van der Waals surface area contributed by atoms with Gasteiger partial charge in [-0.3, -0.25) is 0 Å². The number of halogens is 1. The van der Waals surface area contributed by atoms with Crippen LogP contribution in [0.3, 0.4) is 0 Å². The first-order chi connectivity index (χ1) is 8.19. The van der Waals surface area contributed by atoms with Crippen LogP contribution in [-0.4, -0.2) is 11.5 Å². The fourth-order valence-electron chi connectivity index (χ4n) is 1.73. The Bertz CT molecular complexity index is 478. The normalized spacial score (nSPS) is 12.9. The molecule has 2 aromatic heterocycles. The summed E-state index contributed by atoms with van der Waals surface area (Å²) >= 11 is 9.30. The number of aryl methyl sites for hydroxylation is 1. The number of nitrogens with zero attached hydrogens (tertiary/aromatic N) is 1. The second kappa shape index (κ2) is 5.96. The Kier molecular flexibility index (Phi) is 4.56. The monoisotopic (exact) mass is 286 g/mol. The second-order valence-electron chi connectivity index (χ2n) is 3.81. The molecule has 17 heavy (non-hydrogen) atoms. The first-order valence-electron chi connectivity index (χ1n) is 5.58. The Morgan fingerprint density at radius 2 is 2.29 bits per heavy atom. The summed E-state index contributed by atoms with van der Waals surface area (Å²) in [5.41, 5.74) is 1.14. The van der Waals surface area contributed by atoms with Crippen LogP contribution < -0.4 is 5.32 Å². The predicted molar refractivity (Wildman–Crippen MR) is 76.3 cm³/mol. The fourth-order valence-corrected chi connectivity index (χ4v) is 3.53. The Balaban J connectivity index is 2.12. The predicted octanol–water partition coefficient (Wildman–Crippen LogP) is 4.06. The maximum atomic E-state index is 5.96. The molecule has 0 aliphatic carbocycles. The van der Waals surface area contributed by atoms with Gasteiger partial charge in [0.2, 0.25) is 0 Å². The minimum atomic E-state index is 0.291. The highest BCUT2D eigenvalue weighted by molar-refractivity contribution is 7.16. The van der Waals surface area contributed by atoms with Crippen molar-refractivity contribution in [3.8, 4) is 0 Å².